The van der Waals surface area contributed by atoms with Crippen LogP contribution in [0.1, 0.15) is 35.2 Å². The first-order valence-corrected chi connectivity index (χ1v) is 8.31. The molecule has 1 aromatic carbocycles. The van der Waals surface area contributed by atoms with Gasteiger partial charge in [0.1, 0.15) is 5.82 Å². The molecule has 1 spiro atoms. The van der Waals surface area contributed by atoms with Gasteiger partial charge < -0.3 is 14.9 Å². The van der Waals surface area contributed by atoms with Crippen LogP contribution >= 0.6 is 0 Å². The highest BCUT2D eigenvalue weighted by atomic mass is 19.1. The van der Waals surface area contributed by atoms with Crippen LogP contribution in [-0.4, -0.2) is 58.4 Å². The lowest BCUT2D eigenvalue weighted by Crippen LogP contribution is -2.56. The van der Waals surface area contributed by atoms with Crippen LogP contribution in [0.2, 0.25) is 0 Å². The highest BCUT2D eigenvalue weighted by Gasteiger charge is 2.55. The molecule has 0 aliphatic carbocycles. The van der Waals surface area contributed by atoms with Gasteiger partial charge in [0.2, 0.25) is 5.91 Å². The third-order valence-corrected chi connectivity index (χ3v) is 5.69. The van der Waals surface area contributed by atoms with Crippen molar-refractivity contribution < 1.29 is 23.9 Å². The zero-order valence-electron chi connectivity index (χ0n) is 14.3. The van der Waals surface area contributed by atoms with E-state index >= 15 is 0 Å². The summed E-state index contributed by atoms with van der Waals surface area (Å²) >= 11 is 0. The zero-order valence-corrected chi connectivity index (χ0v) is 14.3. The Hall–Kier alpha value is -2.44. The first-order valence-electron chi connectivity index (χ1n) is 8.31. The molecule has 1 aromatic rings. The SMILES string of the molecule is Cc1cc(C(=O)N2CCC3(CC2)C(C(=O)O)CC(=O)N3C)ccc1F. The van der Waals surface area contributed by atoms with Crippen LogP contribution < -0.4 is 0 Å². The number of piperidine rings is 1. The maximum absolute atomic E-state index is 13.4. The second kappa shape index (κ2) is 6.13. The average Bonchev–Trinajstić information content (AvgIpc) is 2.83. The molecule has 1 atom stereocenters. The van der Waals surface area contributed by atoms with Gasteiger partial charge in [-0.3, -0.25) is 14.4 Å². The molecule has 0 saturated carbocycles. The summed E-state index contributed by atoms with van der Waals surface area (Å²) in [4.78, 5) is 39.4. The number of likely N-dealkylation sites (tertiary alicyclic amines) is 2. The van der Waals surface area contributed by atoms with Crippen molar-refractivity contribution >= 4 is 17.8 Å². The number of carboxylic acid groups (broad SMARTS) is 1. The molecule has 134 valence electrons. The Kier molecular flexibility index (Phi) is 4.26. The highest BCUT2D eigenvalue weighted by molar-refractivity contribution is 5.94. The van der Waals surface area contributed by atoms with Gasteiger partial charge in [0, 0.05) is 32.1 Å². The van der Waals surface area contributed by atoms with Crippen molar-refractivity contribution in [3.8, 4) is 0 Å². The van der Waals surface area contributed by atoms with Crippen molar-refractivity contribution in [1.29, 1.82) is 0 Å². The summed E-state index contributed by atoms with van der Waals surface area (Å²) in [6, 6.07) is 4.26. The number of amides is 2. The zero-order chi connectivity index (χ0) is 18.4. The molecule has 2 saturated heterocycles. The summed E-state index contributed by atoms with van der Waals surface area (Å²) in [5.74, 6) is -2.43. The van der Waals surface area contributed by atoms with Crippen molar-refractivity contribution in [2.75, 3.05) is 20.1 Å². The normalized spacial score (nSPS) is 22.5. The van der Waals surface area contributed by atoms with E-state index in [4.69, 9.17) is 0 Å². The molecule has 3 rings (SSSR count). The lowest BCUT2D eigenvalue weighted by molar-refractivity contribution is -0.145. The first kappa shape index (κ1) is 17.4. The fourth-order valence-corrected chi connectivity index (χ4v) is 4.04. The van der Waals surface area contributed by atoms with Gasteiger partial charge >= 0.3 is 5.97 Å². The minimum absolute atomic E-state index is 0.0108. The van der Waals surface area contributed by atoms with E-state index in [-0.39, 0.29) is 24.1 Å². The Morgan fingerprint density at radius 3 is 2.48 bits per heavy atom. The quantitative estimate of drug-likeness (QED) is 0.882. The van der Waals surface area contributed by atoms with Crippen molar-refractivity contribution in [3.05, 3.63) is 35.1 Å². The lowest BCUT2D eigenvalue weighted by atomic mass is 9.77. The molecule has 2 fully saturated rings. The molecule has 2 heterocycles. The molecule has 1 unspecified atom stereocenters. The van der Waals surface area contributed by atoms with Gasteiger partial charge in [0.25, 0.3) is 5.91 Å². The second-order valence-electron chi connectivity index (χ2n) is 6.91. The van der Waals surface area contributed by atoms with Crippen molar-refractivity contribution in [2.45, 2.75) is 31.7 Å². The fourth-order valence-electron chi connectivity index (χ4n) is 4.04. The third-order valence-electron chi connectivity index (χ3n) is 5.69. The first-order chi connectivity index (χ1) is 11.8. The third kappa shape index (κ3) is 2.77. The van der Waals surface area contributed by atoms with Crippen LogP contribution in [0.25, 0.3) is 0 Å². The molecule has 25 heavy (non-hydrogen) atoms. The molecule has 6 nitrogen and oxygen atoms in total. The summed E-state index contributed by atoms with van der Waals surface area (Å²) in [6.07, 6.45) is 0.868. The summed E-state index contributed by atoms with van der Waals surface area (Å²) in [7, 11) is 1.64. The number of carbonyl (C=O) groups excluding carboxylic acids is 2. The van der Waals surface area contributed by atoms with Crippen LogP contribution in [-0.2, 0) is 9.59 Å². The molecule has 0 radical (unpaired) electrons. The molecule has 2 amide bonds. The van der Waals surface area contributed by atoms with E-state index in [1.165, 1.54) is 18.2 Å². The van der Waals surface area contributed by atoms with Gasteiger partial charge in [-0.2, -0.15) is 0 Å². The minimum Gasteiger partial charge on any atom is -0.481 e. The lowest BCUT2D eigenvalue weighted by Gasteiger charge is -2.45. The number of carboxylic acids is 1. The predicted molar refractivity (Wildman–Crippen MR) is 87.5 cm³/mol. The Morgan fingerprint density at radius 1 is 1.28 bits per heavy atom. The molecule has 2 aliphatic rings. The molecule has 0 aromatic heterocycles. The fraction of sp³-hybridized carbons (Fsp3) is 0.500. The number of benzene rings is 1. The monoisotopic (exact) mass is 348 g/mol. The Balaban J connectivity index is 1.76. The number of halogens is 1. The summed E-state index contributed by atoms with van der Waals surface area (Å²) in [5.41, 5.74) is 0.102. The minimum atomic E-state index is -0.966. The van der Waals surface area contributed by atoms with Gasteiger partial charge in [0.05, 0.1) is 11.5 Å². The molecule has 2 aliphatic heterocycles. The number of carbonyl (C=O) groups is 3. The molecule has 0 bridgehead atoms. The van der Waals surface area contributed by atoms with Gasteiger partial charge in [0.15, 0.2) is 0 Å². The van der Waals surface area contributed by atoms with E-state index < -0.39 is 17.4 Å². The van der Waals surface area contributed by atoms with Gasteiger partial charge in [-0.1, -0.05) is 0 Å². The van der Waals surface area contributed by atoms with Gasteiger partial charge in [-0.15, -0.1) is 0 Å². The van der Waals surface area contributed by atoms with Crippen LogP contribution in [0.3, 0.4) is 0 Å². The van der Waals surface area contributed by atoms with Crippen molar-refractivity contribution in [2.24, 2.45) is 5.92 Å². The largest absolute Gasteiger partial charge is 0.481 e. The number of aliphatic carboxylic acids is 1. The van der Waals surface area contributed by atoms with Gasteiger partial charge in [-0.25, -0.2) is 4.39 Å². The van der Waals surface area contributed by atoms with Crippen molar-refractivity contribution in [3.63, 3.8) is 0 Å². The van der Waals surface area contributed by atoms with Crippen LogP contribution in [0, 0.1) is 18.7 Å². The van der Waals surface area contributed by atoms with E-state index in [0.29, 0.717) is 37.1 Å². The van der Waals surface area contributed by atoms with Gasteiger partial charge in [-0.05, 0) is 43.5 Å². The molecular formula is C18H21FN2O4. The smallest absolute Gasteiger partial charge is 0.309 e. The molecule has 1 N–H and O–H groups in total. The summed E-state index contributed by atoms with van der Waals surface area (Å²) in [5, 5.41) is 9.48. The maximum Gasteiger partial charge on any atom is 0.309 e. The molecule has 7 heteroatoms. The number of hydrogen-bond donors (Lipinski definition) is 1. The average molecular weight is 348 g/mol. The van der Waals surface area contributed by atoms with E-state index in [0.717, 1.165) is 0 Å². The maximum atomic E-state index is 13.4. The van der Waals surface area contributed by atoms with Crippen LogP contribution in [0.15, 0.2) is 18.2 Å². The molecular weight excluding hydrogens is 327 g/mol. The van der Waals surface area contributed by atoms with Crippen LogP contribution in [0.5, 0.6) is 0 Å². The summed E-state index contributed by atoms with van der Waals surface area (Å²) < 4.78 is 13.4. The highest BCUT2D eigenvalue weighted by Crippen LogP contribution is 2.43. The standard InChI is InChI=1S/C18H21FN2O4/c1-11-9-12(3-4-14(11)19)16(23)21-7-5-18(6-8-21)13(17(24)25)10-15(22)20(18)2/h3-4,9,13H,5-8,10H2,1-2H3,(H,24,25). The number of aryl methyl sites for hydroxylation is 1. The number of nitrogens with zero attached hydrogens (tertiary/aromatic N) is 2. The topological polar surface area (TPSA) is 77.9 Å². The summed E-state index contributed by atoms with van der Waals surface area (Å²) in [6.45, 7) is 2.35. The Morgan fingerprint density at radius 2 is 1.92 bits per heavy atom. The predicted octanol–water partition coefficient (Wildman–Crippen LogP) is 1.67. The van der Waals surface area contributed by atoms with E-state index in [1.54, 1.807) is 23.8 Å². The van der Waals surface area contributed by atoms with Crippen LogP contribution in [0.4, 0.5) is 4.39 Å². The van der Waals surface area contributed by atoms with E-state index in [9.17, 15) is 23.9 Å². The number of hydrogen-bond acceptors (Lipinski definition) is 3. The van der Waals surface area contributed by atoms with E-state index in [1.807, 2.05) is 0 Å². The second-order valence-corrected chi connectivity index (χ2v) is 6.91. The number of rotatable bonds is 2. The Bertz CT molecular complexity index is 741. The van der Waals surface area contributed by atoms with Crippen molar-refractivity contribution in [1.82, 2.24) is 9.80 Å². The van der Waals surface area contributed by atoms with E-state index in [2.05, 4.69) is 0 Å². The Labute approximate surface area is 145 Å².